The Morgan fingerprint density at radius 2 is 2.30 bits per heavy atom. The van der Waals surface area contributed by atoms with Crippen molar-refractivity contribution in [1.29, 1.82) is 0 Å². The van der Waals surface area contributed by atoms with Crippen molar-refractivity contribution < 1.29 is 4.79 Å². The van der Waals surface area contributed by atoms with E-state index in [2.05, 4.69) is 6.92 Å². The number of nitrogens with two attached hydrogens (primary N) is 1. The highest BCUT2D eigenvalue weighted by molar-refractivity contribution is 5.83. The summed E-state index contributed by atoms with van der Waals surface area (Å²) in [6, 6.07) is -0.257. The minimum absolute atomic E-state index is 0.217. The number of hydrogen-bond acceptors (Lipinski definition) is 2. The highest BCUT2D eigenvalue weighted by Crippen LogP contribution is 2.40. The number of hydrogen-bond donors (Lipinski definition) is 1. The van der Waals surface area contributed by atoms with Gasteiger partial charge in [-0.1, -0.05) is 6.92 Å². The first kappa shape index (κ1) is 7.73. The molecule has 1 rings (SSSR count). The smallest absolute Gasteiger partial charge is 0.149 e. The molecule has 0 radical (unpaired) electrons. The molecule has 0 aliphatic heterocycles. The highest BCUT2D eigenvalue weighted by atomic mass is 16.1. The Balaban J connectivity index is 2.20. The molecule has 1 saturated carbocycles. The lowest BCUT2D eigenvalue weighted by Crippen LogP contribution is -2.26. The fourth-order valence-corrected chi connectivity index (χ4v) is 1.13. The molecule has 0 heterocycles. The van der Waals surface area contributed by atoms with Crippen molar-refractivity contribution in [1.82, 2.24) is 0 Å². The molecule has 0 aromatic carbocycles. The van der Waals surface area contributed by atoms with Gasteiger partial charge in [0.05, 0.1) is 6.04 Å². The van der Waals surface area contributed by atoms with E-state index in [0.29, 0.717) is 12.3 Å². The van der Waals surface area contributed by atoms with Gasteiger partial charge in [0.25, 0.3) is 0 Å². The van der Waals surface area contributed by atoms with Gasteiger partial charge in [-0.15, -0.1) is 0 Å². The molecule has 10 heavy (non-hydrogen) atoms. The molecule has 2 heteroatoms. The third-order valence-electron chi connectivity index (χ3n) is 2.25. The third kappa shape index (κ3) is 1.81. The van der Waals surface area contributed by atoms with Crippen LogP contribution in [0, 0.1) is 11.8 Å². The maximum atomic E-state index is 11.0. The van der Waals surface area contributed by atoms with Crippen LogP contribution in [0.25, 0.3) is 0 Å². The summed E-state index contributed by atoms with van der Waals surface area (Å²) in [5, 5.41) is 0. The van der Waals surface area contributed by atoms with Gasteiger partial charge in [-0.2, -0.15) is 0 Å². The standard InChI is InChI=1S/C8H15NO/c1-5-3-7(5)4-8(10)6(2)9/h5-7H,3-4,9H2,1-2H3/t5?,6-,7?/m0/s1. The molecule has 1 aliphatic rings. The minimum atomic E-state index is -0.257. The van der Waals surface area contributed by atoms with Crippen LogP contribution in [-0.2, 0) is 4.79 Å². The average molecular weight is 141 g/mol. The second-order valence-electron chi connectivity index (χ2n) is 3.43. The molecular weight excluding hydrogens is 126 g/mol. The Morgan fingerprint density at radius 1 is 1.80 bits per heavy atom. The summed E-state index contributed by atoms with van der Waals surface area (Å²) in [7, 11) is 0. The molecule has 1 fully saturated rings. The molecule has 1 aliphatic carbocycles. The van der Waals surface area contributed by atoms with Crippen LogP contribution in [0.15, 0.2) is 0 Å². The Morgan fingerprint density at radius 3 is 2.60 bits per heavy atom. The molecule has 0 amide bonds. The molecular formula is C8H15NO. The fraction of sp³-hybridized carbons (Fsp3) is 0.875. The molecule has 0 spiro atoms. The van der Waals surface area contributed by atoms with Gasteiger partial charge in [0.2, 0.25) is 0 Å². The van der Waals surface area contributed by atoms with Crippen molar-refractivity contribution >= 4 is 5.78 Å². The third-order valence-corrected chi connectivity index (χ3v) is 2.25. The van der Waals surface area contributed by atoms with E-state index in [1.165, 1.54) is 6.42 Å². The van der Waals surface area contributed by atoms with Gasteiger partial charge in [0.1, 0.15) is 5.78 Å². The molecule has 2 nitrogen and oxygen atoms in total. The summed E-state index contributed by atoms with van der Waals surface area (Å²) in [4.78, 5) is 11.0. The number of carbonyl (C=O) groups is 1. The average Bonchev–Trinajstić information content (AvgIpc) is 2.46. The predicted octanol–water partition coefficient (Wildman–Crippen LogP) is 0.949. The van der Waals surface area contributed by atoms with Gasteiger partial charge < -0.3 is 5.73 Å². The Hall–Kier alpha value is -0.370. The summed E-state index contributed by atoms with van der Waals surface area (Å²) < 4.78 is 0. The van der Waals surface area contributed by atoms with Gasteiger partial charge in [0, 0.05) is 6.42 Å². The lowest BCUT2D eigenvalue weighted by atomic mass is 10.1. The van der Waals surface area contributed by atoms with Crippen LogP contribution in [0.4, 0.5) is 0 Å². The lowest BCUT2D eigenvalue weighted by Gasteiger charge is -2.01. The van der Waals surface area contributed by atoms with E-state index in [4.69, 9.17) is 5.73 Å². The first-order valence-corrected chi connectivity index (χ1v) is 3.89. The zero-order valence-electron chi connectivity index (χ0n) is 6.63. The SMILES string of the molecule is CC1CC1CC(=O)[C@H](C)N. The van der Waals surface area contributed by atoms with Crippen LogP contribution in [0.1, 0.15) is 26.7 Å². The predicted molar refractivity (Wildman–Crippen MR) is 40.5 cm³/mol. The maximum absolute atomic E-state index is 11.0. The van der Waals surface area contributed by atoms with Crippen LogP contribution in [-0.4, -0.2) is 11.8 Å². The van der Waals surface area contributed by atoms with Crippen molar-refractivity contribution in [3.63, 3.8) is 0 Å². The van der Waals surface area contributed by atoms with Gasteiger partial charge in [-0.3, -0.25) is 4.79 Å². The largest absolute Gasteiger partial charge is 0.322 e. The number of carbonyl (C=O) groups excluding carboxylic acids is 1. The second-order valence-corrected chi connectivity index (χ2v) is 3.43. The van der Waals surface area contributed by atoms with Crippen molar-refractivity contribution in [3.8, 4) is 0 Å². The van der Waals surface area contributed by atoms with E-state index < -0.39 is 0 Å². The van der Waals surface area contributed by atoms with Crippen molar-refractivity contribution in [2.24, 2.45) is 17.6 Å². The van der Waals surface area contributed by atoms with Crippen molar-refractivity contribution in [2.45, 2.75) is 32.7 Å². The number of Topliss-reactive ketones (excluding diaryl/α,β-unsaturated/α-hetero) is 1. The molecule has 0 aromatic rings. The second kappa shape index (κ2) is 2.70. The monoisotopic (exact) mass is 141 g/mol. The van der Waals surface area contributed by atoms with Crippen LogP contribution < -0.4 is 5.73 Å². The van der Waals surface area contributed by atoms with E-state index in [1.807, 2.05) is 0 Å². The van der Waals surface area contributed by atoms with Gasteiger partial charge in [-0.05, 0) is 25.2 Å². The normalized spacial score (nSPS) is 33.5. The number of rotatable bonds is 3. The van der Waals surface area contributed by atoms with Gasteiger partial charge in [-0.25, -0.2) is 0 Å². The highest BCUT2D eigenvalue weighted by Gasteiger charge is 2.34. The molecule has 3 atom stereocenters. The fourth-order valence-electron chi connectivity index (χ4n) is 1.13. The lowest BCUT2D eigenvalue weighted by molar-refractivity contribution is -0.120. The summed E-state index contributed by atoms with van der Waals surface area (Å²) in [6.45, 7) is 3.94. The van der Waals surface area contributed by atoms with Crippen LogP contribution in [0.2, 0.25) is 0 Å². The van der Waals surface area contributed by atoms with E-state index in [9.17, 15) is 4.79 Å². The first-order valence-electron chi connectivity index (χ1n) is 3.89. The molecule has 58 valence electrons. The zero-order valence-corrected chi connectivity index (χ0v) is 6.63. The molecule has 0 aromatic heterocycles. The molecule has 2 N–H and O–H groups in total. The van der Waals surface area contributed by atoms with Gasteiger partial charge in [0.15, 0.2) is 0 Å². The summed E-state index contributed by atoms with van der Waals surface area (Å²) in [6.07, 6.45) is 1.93. The first-order chi connectivity index (χ1) is 4.61. The molecule has 0 bridgehead atoms. The van der Waals surface area contributed by atoms with E-state index in [0.717, 1.165) is 5.92 Å². The zero-order chi connectivity index (χ0) is 7.72. The van der Waals surface area contributed by atoms with Crippen LogP contribution in [0.5, 0.6) is 0 Å². The van der Waals surface area contributed by atoms with Gasteiger partial charge >= 0.3 is 0 Å². The Kier molecular flexibility index (Phi) is 2.09. The van der Waals surface area contributed by atoms with E-state index in [1.54, 1.807) is 6.92 Å². The topological polar surface area (TPSA) is 43.1 Å². The summed E-state index contributed by atoms with van der Waals surface area (Å²) >= 11 is 0. The Bertz CT molecular complexity index is 142. The minimum Gasteiger partial charge on any atom is -0.322 e. The maximum Gasteiger partial charge on any atom is 0.149 e. The van der Waals surface area contributed by atoms with Crippen molar-refractivity contribution in [2.75, 3.05) is 0 Å². The summed E-state index contributed by atoms with van der Waals surface area (Å²) in [5.74, 6) is 1.63. The van der Waals surface area contributed by atoms with E-state index >= 15 is 0 Å². The van der Waals surface area contributed by atoms with Crippen LogP contribution >= 0.6 is 0 Å². The number of ketones is 1. The summed E-state index contributed by atoms with van der Waals surface area (Å²) in [5.41, 5.74) is 5.41. The van der Waals surface area contributed by atoms with Crippen LogP contribution in [0.3, 0.4) is 0 Å². The quantitative estimate of drug-likeness (QED) is 0.636. The van der Waals surface area contributed by atoms with Crippen molar-refractivity contribution in [3.05, 3.63) is 0 Å². The Labute approximate surface area is 61.8 Å². The molecule has 0 saturated heterocycles. The molecule has 2 unspecified atom stereocenters. The van der Waals surface area contributed by atoms with E-state index in [-0.39, 0.29) is 11.8 Å².